The van der Waals surface area contributed by atoms with Crippen LogP contribution in [0.5, 0.6) is 0 Å². The number of furan rings is 1. The molecule has 1 N–H and O–H groups in total. The Balaban J connectivity index is 1.83. The molecule has 0 unspecified atom stereocenters. The van der Waals surface area contributed by atoms with Gasteiger partial charge in [-0.3, -0.25) is 9.59 Å². The average molecular weight is 342 g/mol. The highest BCUT2D eigenvalue weighted by Gasteiger charge is 2.17. The number of amides is 2. The molecule has 0 saturated heterocycles. The normalized spacial score (nSPS) is 10.4. The molecule has 0 spiro atoms. The first-order chi connectivity index (χ1) is 12.2. The molecule has 2 rings (SSSR count). The Bertz CT molecular complexity index is 638. The number of unbranched alkanes of at least 4 members (excludes halogenated alkanes) is 2. The summed E-state index contributed by atoms with van der Waals surface area (Å²) >= 11 is 0. The Morgan fingerprint density at radius 3 is 2.56 bits per heavy atom. The third kappa shape index (κ3) is 6.45. The minimum absolute atomic E-state index is 0.0515. The number of nitrogens with one attached hydrogen (secondary N) is 1. The topological polar surface area (TPSA) is 62.6 Å². The SMILES string of the molecule is CCCCCN(CCC(=O)NCc1ccccc1)C(=O)c1ccoc1. The zero-order chi connectivity index (χ0) is 17.9. The molecular formula is C20H26N2O3. The van der Waals surface area contributed by atoms with Crippen LogP contribution in [-0.2, 0) is 11.3 Å². The standard InChI is InChI=1S/C20H26N2O3/c1-2-3-7-12-22(20(24)18-11-14-25-16-18)13-10-19(23)21-15-17-8-5-4-6-9-17/h4-6,8-9,11,14,16H,2-3,7,10,12-13,15H2,1H3,(H,21,23). The summed E-state index contributed by atoms with van der Waals surface area (Å²) in [5.74, 6) is -0.134. The summed E-state index contributed by atoms with van der Waals surface area (Å²) in [6.45, 7) is 3.70. The lowest BCUT2D eigenvalue weighted by atomic mass is 10.2. The second-order valence-electron chi connectivity index (χ2n) is 6.02. The van der Waals surface area contributed by atoms with E-state index in [-0.39, 0.29) is 11.8 Å². The van der Waals surface area contributed by atoms with E-state index < -0.39 is 0 Å². The Kier molecular flexibility index (Phi) is 7.76. The predicted molar refractivity (Wildman–Crippen MR) is 97.0 cm³/mol. The zero-order valence-electron chi connectivity index (χ0n) is 14.7. The summed E-state index contributed by atoms with van der Waals surface area (Å²) in [6, 6.07) is 11.4. The number of hydrogen-bond donors (Lipinski definition) is 1. The van der Waals surface area contributed by atoms with Gasteiger partial charge in [0, 0.05) is 26.1 Å². The monoisotopic (exact) mass is 342 g/mol. The molecule has 0 aliphatic carbocycles. The van der Waals surface area contributed by atoms with E-state index in [4.69, 9.17) is 4.42 Å². The minimum atomic E-state index is -0.0827. The lowest BCUT2D eigenvalue weighted by Gasteiger charge is -2.22. The van der Waals surface area contributed by atoms with Crippen LogP contribution in [0.2, 0.25) is 0 Å². The first-order valence-corrected chi connectivity index (χ1v) is 8.82. The number of benzene rings is 1. The molecule has 0 saturated carbocycles. The van der Waals surface area contributed by atoms with Crippen molar-refractivity contribution in [1.82, 2.24) is 10.2 Å². The van der Waals surface area contributed by atoms with Gasteiger partial charge in [0.2, 0.25) is 5.91 Å². The van der Waals surface area contributed by atoms with Gasteiger partial charge in [-0.25, -0.2) is 0 Å². The largest absolute Gasteiger partial charge is 0.472 e. The summed E-state index contributed by atoms with van der Waals surface area (Å²) in [7, 11) is 0. The van der Waals surface area contributed by atoms with E-state index in [1.54, 1.807) is 11.0 Å². The summed E-state index contributed by atoms with van der Waals surface area (Å²) in [4.78, 5) is 26.4. The fourth-order valence-electron chi connectivity index (χ4n) is 2.56. The third-order valence-corrected chi connectivity index (χ3v) is 4.03. The van der Waals surface area contributed by atoms with E-state index >= 15 is 0 Å². The van der Waals surface area contributed by atoms with Crippen LogP contribution in [0.1, 0.15) is 48.5 Å². The predicted octanol–water partition coefficient (Wildman–Crippen LogP) is 3.62. The van der Waals surface area contributed by atoms with Gasteiger partial charge in [0.15, 0.2) is 0 Å². The summed E-state index contributed by atoms with van der Waals surface area (Å²) in [5.41, 5.74) is 1.59. The first-order valence-electron chi connectivity index (χ1n) is 8.82. The molecule has 5 heteroatoms. The maximum Gasteiger partial charge on any atom is 0.257 e. The molecule has 0 aliphatic rings. The maximum atomic E-state index is 12.5. The molecule has 0 radical (unpaired) electrons. The molecular weight excluding hydrogens is 316 g/mol. The van der Waals surface area contributed by atoms with Crippen molar-refractivity contribution < 1.29 is 14.0 Å². The maximum absolute atomic E-state index is 12.5. The Labute approximate surface area is 149 Å². The van der Waals surface area contributed by atoms with Crippen molar-refractivity contribution in [2.24, 2.45) is 0 Å². The molecule has 0 bridgehead atoms. The second kappa shape index (κ2) is 10.3. The fourth-order valence-corrected chi connectivity index (χ4v) is 2.56. The Hall–Kier alpha value is -2.56. The van der Waals surface area contributed by atoms with E-state index in [2.05, 4.69) is 12.2 Å². The third-order valence-electron chi connectivity index (χ3n) is 4.03. The highest BCUT2D eigenvalue weighted by molar-refractivity contribution is 5.94. The molecule has 5 nitrogen and oxygen atoms in total. The van der Waals surface area contributed by atoms with Crippen molar-refractivity contribution in [3.63, 3.8) is 0 Å². The number of hydrogen-bond acceptors (Lipinski definition) is 3. The number of carbonyl (C=O) groups excluding carboxylic acids is 2. The van der Waals surface area contributed by atoms with E-state index in [9.17, 15) is 9.59 Å². The smallest absolute Gasteiger partial charge is 0.257 e. The van der Waals surface area contributed by atoms with Gasteiger partial charge in [-0.1, -0.05) is 50.1 Å². The van der Waals surface area contributed by atoms with Crippen LogP contribution >= 0.6 is 0 Å². The Morgan fingerprint density at radius 2 is 1.88 bits per heavy atom. The molecule has 1 heterocycles. The summed E-state index contributed by atoms with van der Waals surface area (Å²) < 4.78 is 5.00. The molecule has 1 aromatic heterocycles. The van der Waals surface area contributed by atoms with Crippen LogP contribution in [0.4, 0.5) is 0 Å². The van der Waals surface area contributed by atoms with Crippen LogP contribution < -0.4 is 5.32 Å². The summed E-state index contributed by atoms with van der Waals surface area (Å²) in [6.07, 6.45) is 6.32. The molecule has 134 valence electrons. The Morgan fingerprint density at radius 1 is 1.08 bits per heavy atom. The van der Waals surface area contributed by atoms with Gasteiger partial charge in [-0.05, 0) is 18.1 Å². The highest BCUT2D eigenvalue weighted by Crippen LogP contribution is 2.09. The van der Waals surface area contributed by atoms with Crippen LogP contribution in [0.25, 0.3) is 0 Å². The molecule has 0 aliphatic heterocycles. The van der Waals surface area contributed by atoms with Crippen molar-refractivity contribution in [2.75, 3.05) is 13.1 Å². The van der Waals surface area contributed by atoms with Gasteiger partial charge in [-0.2, -0.15) is 0 Å². The molecule has 2 aromatic rings. The van der Waals surface area contributed by atoms with Gasteiger partial charge in [0.05, 0.1) is 11.8 Å². The van der Waals surface area contributed by atoms with Gasteiger partial charge < -0.3 is 14.6 Å². The van der Waals surface area contributed by atoms with Crippen molar-refractivity contribution in [3.8, 4) is 0 Å². The van der Waals surface area contributed by atoms with E-state index in [1.165, 1.54) is 12.5 Å². The van der Waals surface area contributed by atoms with Crippen LogP contribution in [0.15, 0.2) is 53.3 Å². The fraction of sp³-hybridized carbons (Fsp3) is 0.400. The minimum Gasteiger partial charge on any atom is -0.472 e. The van der Waals surface area contributed by atoms with Crippen LogP contribution in [-0.4, -0.2) is 29.8 Å². The molecule has 0 fully saturated rings. The van der Waals surface area contributed by atoms with Crippen LogP contribution in [0, 0.1) is 0 Å². The quantitative estimate of drug-likeness (QED) is 0.671. The van der Waals surface area contributed by atoms with Gasteiger partial charge in [0.1, 0.15) is 6.26 Å². The molecule has 0 atom stereocenters. The van der Waals surface area contributed by atoms with Gasteiger partial charge >= 0.3 is 0 Å². The highest BCUT2D eigenvalue weighted by atomic mass is 16.3. The summed E-state index contributed by atoms with van der Waals surface area (Å²) in [5, 5.41) is 2.90. The molecule has 1 aromatic carbocycles. The van der Waals surface area contributed by atoms with Gasteiger partial charge in [-0.15, -0.1) is 0 Å². The zero-order valence-corrected chi connectivity index (χ0v) is 14.7. The lowest BCUT2D eigenvalue weighted by Crippen LogP contribution is -2.35. The number of nitrogens with zero attached hydrogens (tertiary/aromatic N) is 1. The van der Waals surface area contributed by atoms with Crippen molar-refractivity contribution in [1.29, 1.82) is 0 Å². The van der Waals surface area contributed by atoms with E-state index in [0.717, 1.165) is 24.8 Å². The number of carbonyl (C=O) groups is 2. The molecule has 2 amide bonds. The van der Waals surface area contributed by atoms with E-state index in [1.807, 2.05) is 30.3 Å². The van der Waals surface area contributed by atoms with Crippen molar-refractivity contribution in [2.45, 2.75) is 39.2 Å². The number of rotatable bonds is 10. The second-order valence-corrected chi connectivity index (χ2v) is 6.02. The van der Waals surface area contributed by atoms with E-state index in [0.29, 0.717) is 31.6 Å². The van der Waals surface area contributed by atoms with Crippen molar-refractivity contribution in [3.05, 3.63) is 60.1 Å². The van der Waals surface area contributed by atoms with Crippen molar-refractivity contribution >= 4 is 11.8 Å². The first kappa shape index (κ1) is 18.8. The molecule has 25 heavy (non-hydrogen) atoms. The van der Waals surface area contributed by atoms with Crippen LogP contribution in [0.3, 0.4) is 0 Å². The average Bonchev–Trinajstić information content (AvgIpc) is 3.18. The van der Waals surface area contributed by atoms with Gasteiger partial charge in [0.25, 0.3) is 5.91 Å². The lowest BCUT2D eigenvalue weighted by molar-refractivity contribution is -0.121.